The number of thiazole rings is 1. The Balaban J connectivity index is 1.45. The Kier molecular flexibility index (Phi) is 5.13. The van der Waals surface area contributed by atoms with Gasteiger partial charge in [-0.15, -0.1) is 11.3 Å². The summed E-state index contributed by atoms with van der Waals surface area (Å²) in [6, 6.07) is 9.89. The van der Waals surface area contributed by atoms with Crippen LogP contribution in [0.15, 0.2) is 54.6 Å². The lowest BCUT2D eigenvalue weighted by atomic mass is 10.1. The summed E-state index contributed by atoms with van der Waals surface area (Å²) >= 11 is 1.58. The third-order valence-corrected chi connectivity index (χ3v) is 6.87. The predicted molar refractivity (Wildman–Crippen MR) is 130 cm³/mol. The Labute approximate surface area is 198 Å². The van der Waals surface area contributed by atoms with Gasteiger partial charge >= 0.3 is 0 Å². The van der Waals surface area contributed by atoms with Gasteiger partial charge in [-0.3, -0.25) is 4.68 Å². The van der Waals surface area contributed by atoms with E-state index in [-0.39, 0.29) is 6.10 Å². The zero-order valence-electron chi connectivity index (χ0n) is 18.3. The van der Waals surface area contributed by atoms with Crippen LogP contribution in [-0.4, -0.2) is 53.3 Å². The van der Waals surface area contributed by atoms with Gasteiger partial charge in [0.25, 0.3) is 0 Å². The molecular formula is C24H22N6O3S. The number of aliphatic hydroxyl groups excluding tert-OH is 2. The molecule has 1 aliphatic carbocycles. The molecule has 0 amide bonds. The summed E-state index contributed by atoms with van der Waals surface area (Å²) in [5, 5.41) is 28.5. The topological polar surface area (TPSA) is 118 Å². The van der Waals surface area contributed by atoms with Crippen molar-refractivity contribution in [1.82, 2.24) is 24.7 Å². The van der Waals surface area contributed by atoms with Gasteiger partial charge in [0.15, 0.2) is 0 Å². The number of ether oxygens (including phenoxy) is 1. The number of fused-ring (bicyclic) bond motifs is 2. The molecule has 5 aromatic rings. The average molecular weight is 475 g/mol. The number of nitrogens with zero attached hydrogens (tertiary/aromatic N) is 5. The molecule has 9 nitrogen and oxygen atoms in total. The molecule has 1 saturated carbocycles. The second kappa shape index (κ2) is 8.32. The van der Waals surface area contributed by atoms with E-state index in [0.717, 1.165) is 32.4 Å². The molecule has 0 saturated heterocycles. The molecule has 6 rings (SSSR count). The second-order valence-electron chi connectivity index (χ2n) is 8.50. The van der Waals surface area contributed by atoms with Crippen LogP contribution < -0.4 is 10.1 Å². The molecule has 0 aliphatic heterocycles. The van der Waals surface area contributed by atoms with Gasteiger partial charge in [0, 0.05) is 37.3 Å². The zero-order valence-corrected chi connectivity index (χ0v) is 19.1. The molecule has 0 bridgehead atoms. The fraction of sp³-hybridized carbons (Fsp3) is 0.250. The van der Waals surface area contributed by atoms with Crippen LogP contribution in [0.1, 0.15) is 12.8 Å². The number of rotatable bonds is 5. The summed E-state index contributed by atoms with van der Waals surface area (Å²) < 4.78 is 9.18. The van der Waals surface area contributed by atoms with Crippen molar-refractivity contribution in [3.63, 3.8) is 0 Å². The quantitative estimate of drug-likeness (QED) is 0.353. The normalized spacial score (nSPS) is 20.3. The van der Waals surface area contributed by atoms with E-state index in [2.05, 4.69) is 25.4 Å². The number of nitrogens with one attached hydrogen (secondary N) is 1. The number of aliphatic hydroxyl groups is 2. The Morgan fingerprint density at radius 2 is 1.88 bits per heavy atom. The van der Waals surface area contributed by atoms with Gasteiger partial charge in [-0.25, -0.2) is 15.0 Å². The number of benzene rings is 2. The van der Waals surface area contributed by atoms with Gasteiger partial charge in [0.05, 0.1) is 45.0 Å². The lowest BCUT2D eigenvalue weighted by Gasteiger charge is -2.18. The van der Waals surface area contributed by atoms with Crippen LogP contribution in [0.25, 0.3) is 32.2 Å². The second-order valence-corrected chi connectivity index (χ2v) is 9.39. The lowest BCUT2D eigenvalue weighted by Crippen LogP contribution is -2.17. The first-order valence-corrected chi connectivity index (χ1v) is 11.8. The molecule has 34 heavy (non-hydrogen) atoms. The maximum atomic E-state index is 10.0. The van der Waals surface area contributed by atoms with Crippen molar-refractivity contribution in [2.24, 2.45) is 7.05 Å². The molecule has 2 atom stereocenters. The van der Waals surface area contributed by atoms with Crippen molar-refractivity contribution < 1.29 is 14.9 Å². The SMILES string of the molecule is Cn1cc(-c2cc(OC3CC(O)C(O)C3)c3c(Nc4ccc5ncsc5c4)ncnc3c2)cn1. The zero-order chi connectivity index (χ0) is 23.2. The smallest absolute Gasteiger partial charge is 0.145 e. The first-order valence-electron chi connectivity index (χ1n) is 10.9. The van der Waals surface area contributed by atoms with Crippen LogP contribution in [0.5, 0.6) is 5.75 Å². The Bertz CT molecular complexity index is 1490. The van der Waals surface area contributed by atoms with Crippen molar-refractivity contribution in [2.45, 2.75) is 31.2 Å². The molecule has 1 fully saturated rings. The molecule has 2 aromatic carbocycles. The van der Waals surface area contributed by atoms with E-state index in [1.165, 1.54) is 6.33 Å². The van der Waals surface area contributed by atoms with E-state index in [1.807, 2.05) is 49.1 Å². The first-order chi connectivity index (χ1) is 16.5. The highest BCUT2D eigenvalue weighted by molar-refractivity contribution is 7.16. The van der Waals surface area contributed by atoms with Crippen LogP contribution in [0.4, 0.5) is 11.5 Å². The van der Waals surface area contributed by atoms with E-state index in [4.69, 9.17) is 4.74 Å². The standard InChI is InChI=1S/C24H22N6O3S/c1-30-10-14(9-28-30)13-4-18-23(21(5-13)33-16-7-19(31)20(32)8-16)24(26-11-25-18)29-15-2-3-17-22(6-15)34-12-27-17/h2-6,9-12,16,19-20,31-32H,7-8H2,1H3,(H,25,26,29). The third-order valence-electron chi connectivity index (χ3n) is 6.08. The maximum absolute atomic E-state index is 10.0. The van der Waals surface area contributed by atoms with Crippen LogP contribution in [0, 0.1) is 0 Å². The van der Waals surface area contributed by atoms with Crippen LogP contribution >= 0.6 is 11.3 Å². The molecule has 2 unspecified atom stereocenters. The molecular weight excluding hydrogens is 452 g/mol. The molecule has 3 aromatic heterocycles. The maximum Gasteiger partial charge on any atom is 0.145 e. The number of aryl methyl sites for hydroxylation is 1. The fourth-order valence-corrected chi connectivity index (χ4v) is 5.09. The van der Waals surface area contributed by atoms with Gasteiger partial charge in [-0.1, -0.05) is 0 Å². The van der Waals surface area contributed by atoms with Crippen LogP contribution in [-0.2, 0) is 7.05 Å². The summed E-state index contributed by atoms with van der Waals surface area (Å²) in [5.41, 5.74) is 6.21. The van der Waals surface area contributed by atoms with Crippen LogP contribution in [0.2, 0.25) is 0 Å². The van der Waals surface area contributed by atoms with Crippen molar-refractivity contribution >= 4 is 44.0 Å². The van der Waals surface area contributed by atoms with E-state index >= 15 is 0 Å². The molecule has 3 heterocycles. The van der Waals surface area contributed by atoms with E-state index < -0.39 is 12.2 Å². The Morgan fingerprint density at radius 3 is 2.68 bits per heavy atom. The fourth-order valence-electron chi connectivity index (χ4n) is 4.37. The van der Waals surface area contributed by atoms with Crippen molar-refractivity contribution in [3.05, 3.63) is 54.6 Å². The minimum Gasteiger partial charge on any atom is -0.489 e. The molecule has 10 heteroatoms. The largest absolute Gasteiger partial charge is 0.489 e. The summed E-state index contributed by atoms with van der Waals surface area (Å²) in [6.07, 6.45) is 4.05. The summed E-state index contributed by atoms with van der Waals surface area (Å²) in [5.74, 6) is 1.20. The number of hydrogen-bond donors (Lipinski definition) is 3. The van der Waals surface area contributed by atoms with Crippen molar-refractivity contribution in [3.8, 4) is 16.9 Å². The first kappa shape index (κ1) is 21.0. The Hall–Kier alpha value is -3.60. The van der Waals surface area contributed by atoms with Gasteiger partial charge in [0.1, 0.15) is 24.0 Å². The highest BCUT2D eigenvalue weighted by atomic mass is 32.1. The van der Waals surface area contributed by atoms with Gasteiger partial charge in [-0.2, -0.15) is 5.10 Å². The third kappa shape index (κ3) is 3.85. The van der Waals surface area contributed by atoms with Crippen molar-refractivity contribution in [1.29, 1.82) is 0 Å². The highest BCUT2D eigenvalue weighted by Gasteiger charge is 2.33. The number of anilines is 2. The summed E-state index contributed by atoms with van der Waals surface area (Å²) in [7, 11) is 1.87. The monoisotopic (exact) mass is 474 g/mol. The summed E-state index contributed by atoms with van der Waals surface area (Å²) in [6.45, 7) is 0. The highest BCUT2D eigenvalue weighted by Crippen LogP contribution is 2.38. The van der Waals surface area contributed by atoms with E-state index in [9.17, 15) is 10.2 Å². The van der Waals surface area contributed by atoms with Crippen LogP contribution in [0.3, 0.4) is 0 Å². The van der Waals surface area contributed by atoms with Gasteiger partial charge < -0.3 is 20.3 Å². The Morgan fingerprint density at radius 1 is 1.03 bits per heavy atom. The molecule has 0 spiro atoms. The summed E-state index contributed by atoms with van der Waals surface area (Å²) in [4.78, 5) is 13.4. The van der Waals surface area contributed by atoms with Gasteiger partial charge in [-0.05, 0) is 35.9 Å². The molecule has 3 N–H and O–H groups in total. The van der Waals surface area contributed by atoms with E-state index in [0.29, 0.717) is 29.9 Å². The van der Waals surface area contributed by atoms with Gasteiger partial charge in [0.2, 0.25) is 0 Å². The van der Waals surface area contributed by atoms with E-state index in [1.54, 1.807) is 22.2 Å². The minimum absolute atomic E-state index is 0.320. The predicted octanol–water partition coefficient (Wildman–Crippen LogP) is 3.65. The molecule has 0 radical (unpaired) electrons. The van der Waals surface area contributed by atoms with Crippen molar-refractivity contribution in [2.75, 3.05) is 5.32 Å². The number of aromatic nitrogens is 5. The minimum atomic E-state index is -0.794. The molecule has 1 aliphatic rings. The average Bonchev–Trinajstić information content (AvgIpc) is 3.54. The molecule has 172 valence electrons. The lowest BCUT2D eigenvalue weighted by molar-refractivity contribution is 0.0438. The number of hydrogen-bond acceptors (Lipinski definition) is 9.